The van der Waals surface area contributed by atoms with Gasteiger partial charge in [0.05, 0.1) is 24.2 Å². The topological polar surface area (TPSA) is 56.5 Å². The molecule has 1 heterocycles. The molecule has 16 heavy (non-hydrogen) atoms. The van der Waals surface area contributed by atoms with Crippen LogP contribution >= 0.6 is 0 Å². The molecule has 0 aromatic rings. The number of rotatable bonds is 3. The molecular weight excluding hydrogens is 204 g/mol. The van der Waals surface area contributed by atoms with Crippen LogP contribution in [0.25, 0.3) is 0 Å². The van der Waals surface area contributed by atoms with Gasteiger partial charge in [-0.1, -0.05) is 0 Å². The molecule has 0 saturated carbocycles. The van der Waals surface area contributed by atoms with E-state index in [4.69, 9.17) is 10.00 Å². The van der Waals surface area contributed by atoms with Gasteiger partial charge >= 0.3 is 0 Å². The fourth-order valence-electron chi connectivity index (χ4n) is 1.96. The van der Waals surface area contributed by atoms with E-state index < -0.39 is 0 Å². The summed E-state index contributed by atoms with van der Waals surface area (Å²) in [5, 5.41) is 18.5. The van der Waals surface area contributed by atoms with E-state index in [0.29, 0.717) is 19.6 Å². The Morgan fingerprint density at radius 1 is 1.50 bits per heavy atom. The van der Waals surface area contributed by atoms with Crippen molar-refractivity contribution in [3.8, 4) is 6.07 Å². The second kappa shape index (κ2) is 5.13. The number of ether oxygens (including phenoxy) is 1. The quantitative estimate of drug-likeness (QED) is 0.792. The standard InChI is InChI=1S/C12H22N2O2/c1-9-11(15)7-10(5-6-13)14(9)8-16-12(2,3)4/h9-11,15H,5,7-8H2,1-4H3/t9-,10+,11+/m0/s1. The smallest absolute Gasteiger partial charge is 0.100 e. The Labute approximate surface area is 97.8 Å². The van der Waals surface area contributed by atoms with Gasteiger partial charge in [0.25, 0.3) is 0 Å². The molecule has 1 saturated heterocycles. The first-order chi connectivity index (χ1) is 7.35. The highest BCUT2D eigenvalue weighted by molar-refractivity contribution is 4.94. The third-order valence-corrected chi connectivity index (χ3v) is 3.04. The molecule has 1 fully saturated rings. The summed E-state index contributed by atoms with van der Waals surface area (Å²) in [7, 11) is 0. The van der Waals surface area contributed by atoms with E-state index in [1.807, 2.05) is 27.7 Å². The minimum atomic E-state index is -0.345. The van der Waals surface area contributed by atoms with Gasteiger partial charge in [0, 0.05) is 12.1 Å². The van der Waals surface area contributed by atoms with Crippen LogP contribution in [0.15, 0.2) is 0 Å². The lowest BCUT2D eigenvalue weighted by atomic mass is 10.1. The Morgan fingerprint density at radius 3 is 2.62 bits per heavy atom. The van der Waals surface area contributed by atoms with Crippen molar-refractivity contribution in [3.63, 3.8) is 0 Å². The predicted molar refractivity (Wildman–Crippen MR) is 61.6 cm³/mol. The molecule has 1 N–H and O–H groups in total. The lowest BCUT2D eigenvalue weighted by Crippen LogP contribution is -2.40. The predicted octanol–water partition coefficient (Wildman–Crippen LogP) is 1.50. The molecule has 4 heteroatoms. The summed E-state index contributed by atoms with van der Waals surface area (Å²) in [6.45, 7) is 8.47. The molecule has 0 bridgehead atoms. The summed E-state index contributed by atoms with van der Waals surface area (Å²) < 4.78 is 5.71. The molecule has 1 aliphatic heterocycles. The van der Waals surface area contributed by atoms with Crippen LogP contribution in [-0.2, 0) is 4.74 Å². The highest BCUT2D eigenvalue weighted by atomic mass is 16.5. The van der Waals surface area contributed by atoms with Gasteiger partial charge in [-0.05, 0) is 34.1 Å². The maximum atomic E-state index is 9.79. The lowest BCUT2D eigenvalue weighted by Gasteiger charge is -2.30. The van der Waals surface area contributed by atoms with Crippen molar-refractivity contribution in [2.45, 2.75) is 64.3 Å². The Hall–Kier alpha value is -0.630. The lowest BCUT2D eigenvalue weighted by molar-refractivity contribution is -0.0804. The summed E-state index contributed by atoms with van der Waals surface area (Å²) in [5.41, 5.74) is -0.190. The summed E-state index contributed by atoms with van der Waals surface area (Å²) >= 11 is 0. The molecule has 92 valence electrons. The van der Waals surface area contributed by atoms with Gasteiger partial charge in [-0.3, -0.25) is 4.90 Å². The highest BCUT2D eigenvalue weighted by Crippen LogP contribution is 2.27. The van der Waals surface area contributed by atoms with Gasteiger partial charge in [-0.2, -0.15) is 5.26 Å². The van der Waals surface area contributed by atoms with Gasteiger partial charge < -0.3 is 9.84 Å². The van der Waals surface area contributed by atoms with Crippen LogP contribution in [0, 0.1) is 11.3 Å². The molecule has 0 spiro atoms. The van der Waals surface area contributed by atoms with E-state index in [9.17, 15) is 5.11 Å². The van der Waals surface area contributed by atoms with Crippen molar-refractivity contribution in [1.82, 2.24) is 4.90 Å². The molecule has 0 amide bonds. The summed E-state index contributed by atoms with van der Waals surface area (Å²) in [6.07, 6.45) is 0.777. The highest BCUT2D eigenvalue weighted by Gasteiger charge is 2.37. The van der Waals surface area contributed by atoms with Crippen LogP contribution < -0.4 is 0 Å². The first-order valence-electron chi connectivity index (χ1n) is 5.80. The van der Waals surface area contributed by atoms with Crippen molar-refractivity contribution >= 4 is 0 Å². The first kappa shape index (κ1) is 13.4. The van der Waals surface area contributed by atoms with Crippen molar-refractivity contribution in [1.29, 1.82) is 5.26 Å². The zero-order valence-electron chi connectivity index (χ0n) is 10.6. The summed E-state index contributed by atoms with van der Waals surface area (Å²) in [4.78, 5) is 2.08. The third kappa shape index (κ3) is 3.44. The first-order valence-corrected chi connectivity index (χ1v) is 5.80. The van der Waals surface area contributed by atoms with Gasteiger partial charge in [-0.15, -0.1) is 0 Å². The van der Waals surface area contributed by atoms with Crippen LogP contribution in [0.5, 0.6) is 0 Å². The molecule has 0 unspecified atom stereocenters. The van der Waals surface area contributed by atoms with Crippen LogP contribution in [-0.4, -0.2) is 40.5 Å². The molecular formula is C12H22N2O2. The number of hydrogen-bond donors (Lipinski definition) is 1. The van der Waals surface area contributed by atoms with Crippen molar-refractivity contribution in [2.24, 2.45) is 0 Å². The molecule has 3 atom stereocenters. The number of nitrogens with zero attached hydrogens (tertiary/aromatic N) is 2. The zero-order valence-corrected chi connectivity index (χ0v) is 10.6. The van der Waals surface area contributed by atoms with Gasteiger partial charge in [0.1, 0.15) is 6.73 Å². The largest absolute Gasteiger partial charge is 0.391 e. The Kier molecular flexibility index (Phi) is 4.31. The monoisotopic (exact) mass is 226 g/mol. The van der Waals surface area contributed by atoms with E-state index in [2.05, 4.69) is 11.0 Å². The number of hydrogen-bond acceptors (Lipinski definition) is 4. The van der Waals surface area contributed by atoms with Gasteiger partial charge in [-0.25, -0.2) is 0 Å². The zero-order chi connectivity index (χ0) is 12.3. The Balaban J connectivity index is 2.57. The van der Waals surface area contributed by atoms with Crippen LogP contribution in [0.1, 0.15) is 40.5 Å². The maximum absolute atomic E-state index is 9.79. The number of aliphatic hydroxyl groups is 1. The molecule has 0 aromatic carbocycles. The fraction of sp³-hybridized carbons (Fsp3) is 0.917. The van der Waals surface area contributed by atoms with Crippen molar-refractivity contribution < 1.29 is 9.84 Å². The van der Waals surface area contributed by atoms with Crippen LogP contribution in [0.3, 0.4) is 0 Å². The number of nitriles is 1. The normalized spacial score (nSPS) is 31.6. The third-order valence-electron chi connectivity index (χ3n) is 3.04. The van der Waals surface area contributed by atoms with E-state index in [-0.39, 0.29) is 23.8 Å². The number of aliphatic hydroxyl groups excluding tert-OH is 1. The van der Waals surface area contributed by atoms with Crippen molar-refractivity contribution in [2.75, 3.05) is 6.73 Å². The Bertz CT molecular complexity index is 267. The minimum Gasteiger partial charge on any atom is -0.391 e. The molecule has 4 nitrogen and oxygen atoms in total. The van der Waals surface area contributed by atoms with Crippen LogP contribution in [0.4, 0.5) is 0 Å². The average molecular weight is 226 g/mol. The molecule has 0 aromatic heterocycles. The second-order valence-electron chi connectivity index (χ2n) is 5.46. The maximum Gasteiger partial charge on any atom is 0.100 e. The molecule has 0 aliphatic carbocycles. The molecule has 0 radical (unpaired) electrons. The van der Waals surface area contributed by atoms with E-state index >= 15 is 0 Å². The van der Waals surface area contributed by atoms with Crippen LogP contribution in [0.2, 0.25) is 0 Å². The summed E-state index contributed by atoms with van der Waals surface area (Å²) in [6, 6.07) is 2.36. The van der Waals surface area contributed by atoms with Crippen molar-refractivity contribution in [3.05, 3.63) is 0 Å². The van der Waals surface area contributed by atoms with E-state index in [1.54, 1.807) is 0 Å². The molecule has 1 rings (SSSR count). The Morgan fingerprint density at radius 2 is 2.12 bits per heavy atom. The summed E-state index contributed by atoms with van der Waals surface area (Å²) in [5.74, 6) is 0. The van der Waals surface area contributed by atoms with E-state index in [1.165, 1.54) is 0 Å². The SMILES string of the molecule is C[C@H]1[C@H](O)C[C@@H](CC#N)N1COC(C)(C)C. The minimum absolute atomic E-state index is 0.0701. The number of likely N-dealkylation sites (tertiary alicyclic amines) is 1. The van der Waals surface area contributed by atoms with E-state index in [0.717, 1.165) is 0 Å². The average Bonchev–Trinajstić information content (AvgIpc) is 2.40. The van der Waals surface area contributed by atoms with Gasteiger partial charge in [0.2, 0.25) is 0 Å². The van der Waals surface area contributed by atoms with Gasteiger partial charge in [0.15, 0.2) is 0 Å². The fourth-order valence-corrected chi connectivity index (χ4v) is 1.96. The second-order valence-corrected chi connectivity index (χ2v) is 5.46. The molecule has 1 aliphatic rings.